The molecule has 0 spiro atoms. The van der Waals surface area contributed by atoms with Crippen LogP contribution in [0.25, 0.3) is 0 Å². The van der Waals surface area contributed by atoms with Gasteiger partial charge in [-0.1, -0.05) is 18.5 Å². The van der Waals surface area contributed by atoms with E-state index in [2.05, 4.69) is 32.4 Å². The highest BCUT2D eigenvalue weighted by molar-refractivity contribution is 7.80. The van der Waals surface area contributed by atoms with Crippen LogP contribution in [0.4, 0.5) is 11.8 Å². The summed E-state index contributed by atoms with van der Waals surface area (Å²) in [6.45, 7) is 5.67. The second kappa shape index (κ2) is 9.20. The first-order valence-electron chi connectivity index (χ1n) is 7.92. The molecule has 1 saturated heterocycles. The van der Waals surface area contributed by atoms with Crippen LogP contribution < -0.4 is 15.5 Å². The van der Waals surface area contributed by atoms with E-state index in [4.69, 9.17) is 28.6 Å². The summed E-state index contributed by atoms with van der Waals surface area (Å²) in [7, 11) is 1.68. The van der Waals surface area contributed by atoms with Crippen LogP contribution in [0.2, 0.25) is 5.15 Å². The molecule has 1 aromatic heterocycles. The van der Waals surface area contributed by atoms with Gasteiger partial charge in [0, 0.05) is 39.4 Å². The molecule has 1 aliphatic heterocycles. The monoisotopic (exact) mass is 357 g/mol. The molecule has 0 saturated carbocycles. The largest absolute Gasteiger partial charge is 0.385 e. The zero-order chi connectivity index (χ0) is 16.7. The minimum absolute atomic E-state index is 0.415. The average molecular weight is 358 g/mol. The molecule has 2 rings (SSSR count). The molecule has 1 aliphatic rings. The zero-order valence-electron chi connectivity index (χ0n) is 13.6. The van der Waals surface area contributed by atoms with Crippen molar-refractivity contribution in [3.05, 3.63) is 11.2 Å². The summed E-state index contributed by atoms with van der Waals surface area (Å²) in [5, 5.41) is 6.99. The molecule has 6 nitrogen and oxygen atoms in total. The topological polar surface area (TPSA) is 62.3 Å². The van der Waals surface area contributed by atoms with Gasteiger partial charge in [-0.2, -0.15) is 4.98 Å². The predicted molar refractivity (Wildman–Crippen MR) is 98.4 cm³/mol. The van der Waals surface area contributed by atoms with Crippen LogP contribution in [-0.4, -0.2) is 48.4 Å². The molecule has 23 heavy (non-hydrogen) atoms. The number of hydrogen-bond donors (Lipinski definition) is 2. The predicted octanol–water partition coefficient (Wildman–Crippen LogP) is 2.69. The van der Waals surface area contributed by atoms with E-state index in [0.717, 1.165) is 31.9 Å². The molecule has 2 heterocycles. The van der Waals surface area contributed by atoms with E-state index in [1.807, 2.05) is 0 Å². The summed E-state index contributed by atoms with van der Waals surface area (Å²) in [6, 6.07) is 1.81. The molecule has 0 aromatic carbocycles. The molecule has 1 atom stereocenters. The normalized spacial score (nSPS) is 17.9. The molecule has 0 bridgehead atoms. The fourth-order valence-electron chi connectivity index (χ4n) is 2.59. The first kappa shape index (κ1) is 18.2. The molecule has 0 amide bonds. The number of nitrogens with zero attached hydrogens (tertiary/aromatic N) is 3. The summed E-state index contributed by atoms with van der Waals surface area (Å²) in [4.78, 5) is 11.0. The van der Waals surface area contributed by atoms with Crippen molar-refractivity contribution in [3.63, 3.8) is 0 Å². The van der Waals surface area contributed by atoms with Crippen LogP contribution in [0.5, 0.6) is 0 Å². The van der Waals surface area contributed by atoms with Crippen LogP contribution in [-0.2, 0) is 4.74 Å². The summed E-state index contributed by atoms with van der Waals surface area (Å²) >= 11 is 11.4. The first-order valence-corrected chi connectivity index (χ1v) is 8.70. The third-order valence-electron chi connectivity index (χ3n) is 3.70. The summed E-state index contributed by atoms with van der Waals surface area (Å²) in [6.07, 6.45) is 3.31. The standard InChI is InChI=1S/C15H24ClN5OS/c1-11-5-3-7-21(10-11)13-9-12(16)18-14(19-13)20-15(23)17-6-4-8-22-2/h9,11H,3-8,10H2,1-2H3,(H2,17,18,19,20,23)/t11-/m1/s1. The molecule has 1 aromatic rings. The quantitative estimate of drug-likeness (QED) is 0.461. The van der Waals surface area contributed by atoms with Gasteiger partial charge in [-0.15, -0.1) is 0 Å². The van der Waals surface area contributed by atoms with Gasteiger partial charge in [0.2, 0.25) is 5.95 Å². The Balaban J connectivity index is 1.95. The fraction of sp³-hybridized carbons (Fsp3) is 0.667. The van der Waals surface area contributed by atoms with Crippen molar-refractivity contribution in [1.29, 1.82) is 0 Å². The van der Waals surface area contributed by atoms with E-state index < -0.39 is 0 Å². The second-order valence-electron chi connectivity index (χ2n) is 5.79. The third kappa shape index (κ3) is 6.08. The fourth-order valence-corrected chi connectivity index (χ4v) is 2.96. The molecule has 8 heteroatoms. The highest BCUT2D eigenvalue weighted by atomic mass is 35.5. The van der Waals surface area contributed by atoms with Crippen molar-refractivity contribution in [3.8, 4) is 0 Å². The number of piperidine rings is 1. The molecule has 1 fully saturated rings. The molecule has 0 unspecified atom stereocenters. The highest BCUT2D eigenvalue weighted by Crippen LogP contribution is 2.24. The number of nitrogens with one attached hydrogen (secondary N) is 2. The van der Waals surface area contributed by atoms with Gasteiger partial charge in [0.05, 0.1) is 0 Å². The van der Waals surface area contributed by atoms with E-state index in [0.29, 0.717) is 28.7 Å². The highest BCUT2D eigenvalue weighted by Gasteiger charge is 2.19. The van der Waals surface area contributed by atoms with Crippen LogP contribution >= 0.6 is 23.8 Å². The Bertz CT molecular complexity index is 531. The van der Waals surface area contributed by atoms with Crippen LogP contribution in [0.15, 0.2) is 6.07 Å². The number of rotatable bonds is 6. The smallest absolute Gasteiger partial charge is 0.232 e. The minimum Gasteiger partial charge on any atom is -0.385 e. The van der Waals surface area contributed by atoms with Crippen molar-refractivity contribution >= 4 is 40.7 Å². The van der Waals surface area contributed by atoms with Gasteiger partial charge in [0.1, 0.15) is 11.0 Å². The first-order chi connectivity index (χ1) is 11.1. The molecule has 128 valence electrons. The molecule has 0 radical (unpaired) electrons. The molecule has 2 N–H and O–H groups in total. The number of thiocarbonyl (C=S) groups is 1. The van der Waals surface area contributed by atoms with E-state index >= 15 is 0 Å². The maximum atomic E-state index is 6.14. The van der Waals surface area contributed by atoms with Gasteiger partial charge in [-0.05, 0) is 37.4 Å². The maximum absolute atomic E-state index is 6.14. The van der Waals surface area contributed by atoms with Crippen molar-refractivity contribution in [2.24, 2.45) is 5.92 Å². The van der Waals surface area contributed by atoms with Gasteiger partial charge >= 0.3 is 0 Å². The Labute approximate surface area is 148 Å². The van der Waals surface area contributed by atoms with Crippen molar-refractivity contribution in [1.82, 2.24) is 15.3 Å². The van der Waals surface area contributed by atoms with Crippen molar-refractivity contribution in [2.45, 2.75) is 26.2 Å². The molecular formula is C15H24ClN5OS. The summed E-state index contributed by atoms with van der Waals surface area (Å²) < 4.78 is 5.00. The van der Waals surface area contributed by atoms with Gasteiger partial charge in [-0.25, -0.2) is 4.98 Å². The lowest BCUT2D eigenvalue weighted by atomic mass is 10.0. The van der Waals surface area contributed by atoms with Gasteiger partial charge in [-0.3, -0.25) is 0 Å². The number of anilines is 2. The Morgan fingerprint density at radius 3 is 3.09 bits per heavy atom. The SMILES string of the molecule is COCCCNC(=S)Nc1nc(Cl)cc(N2CCC[C@@H](C)C2)n1. The number of halogens is 1. The average Bonchev–Trinajstić information content (AvgIpc) is 2.51. The number of hydrogen-bond acceptors (Lipinski definition) is 5. The van der Waals surface area contributed by atoms with Crippen LogP contribution in [0.1, 0.15) is 26.2 Å². The van der Waals surface area contributed by atoms with Gasteiger partial charge in [0.25, 0.3) is 0 Å². The van der Waals surface area contributed by atoms with Crippen LogP contribution in [0.3, 0.4) is 0 Å². The van der Waals surface area contributed by atoms with E-state index in [1.54, 1.807) is 13.2 Å². The van der Waals surface area contributed by atoms with Gasteiger partial charge in [0.15, 0.2) is 5.11 Å². The van der Waals surface area contributed by atoms with Crippen molar-refractivity contribution < 1.29 is 4.74 Å². The Morgan fingerprint density at radius 2 is 2.35 bits per heavy atom. The minimum atomic E-state index is 0.415. The number of methoxy groups -OCH3 is 1. The Morgan fingerprint density at radius 1 is 1.52 bits per heavy atom. The van der Waals surface area contributed by atoms with Gasteiger partial charge < -0.3 is 20.3 Å². The molecular weight excluding hydrogens is 334 g/mol. The zero-order valence-corrected chi connectivity index (χ0v) is 15.2. The lowest BCUT2D eigenvalue weighted by molar-refractivity contribution is 0.196. The Kier molecular flexibility index (Phi) is 7.26. The summed E-state index contributed by atoms with van der Waals surface area (Å²) in [5.41, 5.74) is 0. The van der Waals surface area contributed by atoms with E-state index in [9.17, 15) is 0 Å². The Hall–Kier alpha value is -1.18. The number of ether oxygens (including phenoxy) is 1. The summed E-state index contributed by atoms with van der Waals surface area (Å²) in [5.74, 6) is 1.94. The van der Waals surface area contributed by atoms with E-state index in [1.165, 1.54) is 12.8 Å². The van der Waals surface area contributed by atoms with Crippen LogP contribution in [0, 0.1) is 5.92 Å². The second-order valence-corrected chi connectivity index (χ2v) is 6.59. The molecule has 0 aliphatic carbocycles. The third-order valence-corrected chi connectivity index (χ3v) is 4.14. The van der Waals surface area contributed by atoms with E-state index in [-0.39, 0.29) is 0 Å². The van der Waals surface area contributed by atoms with Crippen molar-refractivity contribution in [2.75, 3.05) is 43.6 Å². The maximum Gasteiger partial charge on any atom is 0.232 e. The number of aromatic nitrogens is 2. The lowest BCUT2D eigenvalue weighted by Gasteiger charge is -2.32. The lowest BCUT2D eigenvalue weighted by Crippen LogP contribution is -2.35.